The van der Waals surface area contributed by atoms with Gasteiger partial charge >= 0.3 is 5.97 Å². The lowest BCUT2D eigenvalue weighted by Crippen LogP contribution is -2.52. The van der Waals surface area contributed by atoms with Crippen LogP contribution in [0.1, 0.15) is 19.3 Å². The SMILES string of the molecule is CNC1CN(C2CC2)CCC1C(=O)O. The third-order valence-electron chi connectivity index (χ3n) is 3.40. The van der Waals surface area contributed by atoms with E-state index in [1.54, 1.807) is 0 Å². The van der Waals surface area contributed by atoms with Gasteiger partial charge in [-0.25, -0.2) is 0 Å². The molecular formula is C10H18N2O2. The molecule has 80 valence electrons. The Bertz CT molecular complexity index is 228. The highest BCUT2D eigenvalue weighted by atomic mass is 16.4. The molecule has 2 aliphatic rings. The summed E-state index contributed by atoms with van der Waals surface area (Å²) < 4.78 is 0. The normalized spacial score (nSPS) is 34.4. The van der Waals surface area contributed by atoms with Crippen molar-refractivity contribution in [3.05, 3.63) is 0 Å². The van der Waals surface area contributed by atoms with Gasteiger partial charge in [0.05, 0.1) is 5.92 Å². The third-order valence-corrected chi connectivity index (χ3v) is 3.40. The molecule has 1 saturated carbocycles. The number of piperidine rings is 1. The zero-order valence-electron chi connectivity index (χ0n) is 8.57. The standard InChI is InChI=1S/C10H18N2O2/c1-11-9-6-12(7-2-3-7)5-4-8(9)10(13)14/h7-9,11H,2-6H2,1H3,(H,13,14). The number of likely N-dealkylation sites (tertiary alicyclic amines) is 1. The molecule has 1 aliphatic heterocycles. The maximum Gasteiger partial charge on any atom is 0.308 e. The average Bonchev–Trinajstić information content (AvgIpc) is 3.00. The van der Waals surface area contributed by atoms with Crippen LogP contribution in [-0.4, -0.2) is 48.2 Å². The number of hydrogen-bond donors (Lipinski definition) is 2. The van der Waals surface area contributed by atoms with Crippen molar-refractivity contribution in [1.29, 1.82) is 0 Å². The smallest absolute Gasteiger partial charge is 0.308 e. The third kappa shape index (κ3) is 1.91. The molecule has 0 aromatic carbocycles. The second-order valence-electron chi connectivity index (χ2n) is 4.35. The summed E-state index contributed by atoms with van der Waals surface area (Å²) in [7, 11) is 1.86. The van der Waals surface area contributed by atoms with Crippen LogP contribution in [0.3, 0.4) is 0 Å². The summed E-state index contributed by atoms with van der Waals surface area (Å²) >= 11 is 0. The fourth-order valence-electron chi connectivity index (χ4n) is 2.34. The molecule has 1 aliphatic carbocycles. The molecule has 2 fully saturated rings. The van der Waals surface area contributed by atoms with Crippen LogP contribution in [0, 0.1) is 5.92 Å². The molecule has 2 atom stereocenters. The number of rotatable bonds is 3. The lowest BCUT2D eigenvalue weighted by Gasteiger charge is -2.36. The molecule has 14 heavy (non-hydrogen) atoms. The monoisotopic (exact) mass is 198 g/mol. The van der Waals surface area contributed by atoms with Gasteiger partial charge in [-0.1, -0.05) is 0 Å². The van der Waals surface area contributed by atoms with Crippen molar-refractivity contribution in [2.75, 3.05) is 20.1 Å². The van der Waals surface area contributed by atoms with Gasteiger partial charge in [0, 0.05) is 18.6 Å². The van der Waals surface area contributed by atoms with Crippen molar-refractivity contribution in [3.63, 3.8) is 0 Å². The van der Waals surface area contributed by atoms with Crippen molar-refractivity contribution < 1.29 is 9.90 Å². The van der Waals surface area contributed by atoms with E-state index in [-0.39, 0.29) is 12.0 Å². The van der Waals surface area contributed by atoms with Gasteiger partial charge in [0.1, 0.15) is 0 Å². The van der Waals surface area contributed by atoms with Gasteiger partial charge < -0.3 is 10.4 Å². The first kappa shape index (κ1) is 9.93. The van der Waals surface area contributed by atoms with E-state index in [0.29, 0.717) is 0 Å². The van der Waals surface area contributed by atoms with Crippen LogP contribution in [0.2, 0.25) is 0 Å². The number of nitrogens with zero attached hydrogens (tertiary/aromatic N) is 1. The van der Waals surface area contributed by atoms with Gasteiger partial charge in [-0.05, 0) is 32.9 Å². The van der Waals surface area contributed by atoms with Crippen LogP contribution in [0.15, 0.2) is 0 Å². The van der Waals surface area contributed by atoms with Crippen LogP contribution in [0.25, 0.3) is 0 Å². The second kappa shape index (κ2) is 3.87. The summed E-state index contributed by atoms with van der Waals surface area (Å²) in [4.78, 5) is 13.4. The molecule has 0 spiro atoms. The number of carboxylic acids is 1. The first-order valence-corrected chi connectivity index (χ1v) is 5.36. The Morgan fingerprint density at radius 3 is 2.64 bits per heavy atom. The van der Waals surface area contributed by atoms with Crippen molar-refractivity contribution in [3.8, 4) is 0 Å². The van der Waals surface area contributed by atoms with E-state index in [4.69, 9.17) is 5.11 Å². The molecule has 1 heterocycles. The molecule has 0 aromatic rings. The largest absolute Gasteiger partial charge is 0.481 e. The van der Waals surface area contributed by atoms with Gasteiger partial charge in [0.25, 0.3) is 0 Å². The molecule has 4 heteroatoms. The Labute approximate surface area is 84.3 Å². The number of likely N-dealkylation sites (N-methyl/N-ethyl adjacent to an activating group) is 1. The molecule has 0 bridgehead atoms. The summed E-state index contributed by atoms with van der Waals surface area (Å²) in [6, 6.07) is 0.877. The number of nitrogens with one attached hydrogen (secondary N) is 1. The Morgan fingerprint density at radius 1 is 1.43 bits per heavy atom. The molecule has 2 N–H and O–H groups in total. The summed E-state index contributed by atoms with van der Waals surface area (Å²) in [5, 5.41) is 12.1. The molecule has 2 unspecified atom stereocenters. The number of aliphatic carboxylic acids is 1. The zero-order chi connectivity index (χ0) is 10.1. The molecular weight excluding hydrogens is 180 g/mol. The predicted molar refractivity (Wildman–Crippen MR) is 53.2 cm³/mol. The van der Waals surface area contributed by atoms with Gasteiger partial charge in [0.2, 0.25) is 0 Å². The Morgan fingerprint density at radius 2 is 2.14 bits per heavy atom. The number of hydrogen-bond acceptors (Lipinski definition) is 3. The van der Waals surface area contributed by atoms with Crippen molar-refractivity contribution >= 4 is 5.97 Å². The molecule has 0 radical (unpaired) electrons. The quantitative estimate of drug-likeness (QED) is 0.677. The molecule has 0 aromatic heterocycles. The minimum atomic E-state index is -0.653. The van der Waals surface area contributed by atoms with Gasteiger partial charge in [-0.2, -0.15) is 0 Å². The van der Waals surface area contributed by atoms with Crippen LogP contribution < -0.4 is 5.32 Å². The van der Waals surface area contributed by atoms with Crippen LogP contribution in [0.5, 0.6) is 0 Å². The van der Waals surface area contributed by atoms with E-state index in [1.165, 1.54) is 12.8 Å². The second-order valence-corrected chi connectivity index (χ2v) is 4.35. The minimum Gasteiger partial charge on any atom is -0.481 e. The predicted octanol–water partition coefficient (Wildman–Crippen LogP) is 0.143. The highest BCUT2D eigenvalue weighted by Gasteiger charge is 2.38. The zero-order valence-corrected chi connectivity index (χ0v) is 8.57. The number of carboxylic acid groups (broad SMARTS) is 1. The van der Waals surface area contributed by atoms with E-state index in [2.05, 4.69) is 10.2 Å². The van der Waals surface area contributed by atoms with E-state index in [0.717, 1.165) is 25.6 Å². The first-order chi connectivity index (χ1) is 6.72. The van der Waals surface area contributed by atoms with Gasteiger partial charge in [0.15, 0.2) is 0 Å². The fourth-order valence-corrected chi connectivity index (χ4v) is 2.34. The molecule has 1 saturated heterocycles. The summed E-state index contributed by atoms with van der Waals surface area (Å²) in [6.07, 6.45) is 3.39. The Balaban J connectivity index is 1.94. The summed E-state index contributed by atoms with van der Waals surface area (Å²) in [5.41, 5.74) is 0. The fraction of sp³-hybridized carbons (Fsp3) is 0.900. The average molecular weight is 198 g/mol. The summed E-state index contributed by atoms with van der Waals surface area (Å²) in [5.74, 6) is -0.852. The highest BCUT2D eigenvalue weighted by molar-refractivity contribution is 5.71. The van der Waals surface area contributed by atoms with Crippen LogP contribution in [0.4, 0.5) is 0 Å². The lowest BCUT2D eigenvalue weighted by atomic mass is 9.91. The Hall–Kier alpha value is -0.610. The van der Waals surface area contributed by atoms with E-state index in [9.17, 15) is 4.79 Å². The van der Waals surface area contributed by atoms with Crippen molar-refractivity contribution in [1.82, 2.24) is 10.2 Å². The maximum absolute atomic E-state index is 11.0. The minimum absolute atomic E-state index is 0.127. The van der Waals surface area contributed by atoms with Gasteiger partial charge in [-0.3, -0.25) is 9.69 Å². The molecule has 0 amide bonds. The highest BCUT2D eigenvalue weighted by Crippen LogP contribution is 2.30. The van der Waals surface area contributed by atoms with E-state index >= 15 is 0 Å². The van der Waals surface area contributed by atoms with E-state index < -0.39 is 5.97 Å². The lowest BCUT2D eigenvalue weighted by molar-refractivity contribution is -0.144. The Kier molecular flexibility index (Phi) is 2.74. The summed E-state index contributed by atoms with van der Waals surface area (Å²) in [6.45, 7) is 1.86. The molecule has 2 rings (SSSR count). The maximum atomic E-state index is 11.0. The number of carbonyl (C=O) groups is 1. The first-order valence-electron chi connectivity index (χ1n) is 5.36. The van der Waals surface area contributed by atoms with Crippen molar-refractivity contribution in [2.24, 2.45) is 5.92 Å². The van der Waals surface area contributed by atoms with Crippen molar-refractivity contribution in [2.45, 2.75) is 31.3 Å². The molecule has 4 nitrogen and oxygen atoms in total. The van der Waals surface area contributed by atoms with Crippen LogP contribution in [-0.2, 0) is 4.79 Å². The van der Waals surface area contributed by atoms with Crippen LogP contribution >= 0.6 is 0 Å². The van der Waals surface area contributed by atoms with Gasteiger partial charge in [-0.15, -0.1) is 0 Å². The van der Waals surface area contributed by atoms with E-state index in [1.807, 2.05) is 7.05 Å². The topological polar surface area (TPSA) is 52.6 Å².